The standard InChI is InChI=1S/C17H16F6N2O3S/c1-9-2-10(18)11(3-14(9)29-7-17(21,22)23)24-4-12(16(28)13(27)6-26)25(8-24)5-15(19)20/h2-3,6,12,15H,4-5,7-8H2,1H3. The molecule has 0 N–H and O–H groups in total. The lowest BCUT2D eigenvalue weighted by Gasteiger charge is -2.22. The van der Waals surface area contributed by atoms with Crippen LogP contribution in [0.15, 0.2) is 17.0 Å². The highest BCUT2D eigenvalue weighted by atomic mass is 32.2. The number of carbonyl (C=O) groups excluding carboxylic acids is 3. The van der Waals surface area contributed by atoms with Gasteiger partial charge in [-0.3, -0.25) is 19.3 Å². The van der Waals surface area contributed by atoms with Gasteiger partial charge in [-0.2, -0.15) is 13.2 Å². The van der Waals surface area contributed by atoms with E-state index in [1.807, 2.05) is 0 Å². The van der Waals surface area contributed by atoms with E-state index in [2.05, 4.69) is 0 Å². The van der Waals surface area contributed by atoms with Gasteiger partial charge < -0.3 is 4.90 Å². The Bertz CT molecular complexity index is 802. The van der Waals surface area contributed by atoms with E-state index in [9.17, 15) is 40.7 Å². The number of rotatable bonds is 8. The average Bonchev–Trinajstić information content (AvgIpc) is 3.01. The molecule has 1 aliphatic rings. The van der Waals surface area contributed by atoms with Gasteiger partial charge in [-0.15, -0.1) is 11.8 Å². The summed E-state index contributed by atoms with van der Waals surface area (Å²) >= 11 is 0.443. The van der Waals surface area contributed by atoms with Crippen LogP contribution in [0.4, 0.5) is 32.0 Å². The molecule has 160 valence electrons. The van der Waals surface area contributed by atoms with E-state index in [0.29, 0.717) is 11.8 Å². The quantitative estimate of drug-likeness (QED) is 0.203. The lowest BCUT2D eigenvalue weighted by Crippen LogP contribution is -2.43. The first-order valence-electron chi connectivity index (χ1n) is 8.23. The molecular formula is C17H16F6N2O3S. The molecule has 0 aliphatic carbocycles. The zero-order valence-corrected chi connectivity index (χ0v) is 15.8. The maximum absolute atomic E-state index is 14.5. The SMILES string of the molecule is Cc1cc(F)c(N2CC(C(=O)C(=O)C=O)N(CC(F)F)C2)cc1SCC(F)(F)F. The number of aryl methyl sites for hydroxylation is 1. The highest BCUT2D eigenvalue weighted by Crippen LogP contribution is 2.35. The molecule has 1 aromatic rings. The second-order valence-corrected chi connectivity index (χ2v) is 7.38. The molecule has 1 saturated heterocycles. The molecule has 12 heteroatoms. The summed E-state index contributed by atoms with van der Waals surface area (Å²) in [6.45, 7) is -0.208. The van der Waals surface area contributed by atoms with Gasteiger partial charge in [-0.05, 0) is 24.6 Å². The summed E-state index contributed by atoms with van der Waals surface area (Å²) in [5.74, 6) is -4.62. The summed E-state index contributed by atoms with van der Waals surface area (Å²) in [5.41, 5.74) is 0.0706. The topological polar surface area (TPSA) is 57.7 Å². The molecule has 1 fully saturated rings. The van der Waals surface area contributed by atoms with Gasteiger partial charge in [0.1, 0.15) is 5.82 Å². The van der Waals surface area contributed by atoms with Crippen molar-refractivity contribution in [2.45, 2.75) is 30.5 Å². The van der Waals surface area contributed by atoms with E-state index in [4.69, 9.17) is 0 Å². The van der Waals surface area contributed by atoms with Crippen molar-refractivity contribution >= 4 is 35.3 Å². The van der Waals surface area contributed by atoms with Gasteiger partial charge in [0, 0.05) is 11.4 Å². The van der Waals surface area contributed by atoms with Gasteiger partial charge >= 0.3 is 6.18 Å². The molecular weight excluding hydrogens is 426 g/mol. The molecule has 29 heavy (non-hydrogen) atoms. The number of benzene rings is 1. The fraction of sp³-hybridized carbons (Fsp3) is 0.471. The number of Topliss-reactive ketones (excluding diaryl/α,β-unsaturated/α-hetero) is 2. The normalized spacial score (nSPS) is 17.8. The molecule has 1 unspecified atom stereocenters. The van der Waals surface area contributed by atoms with Crippen molar-refractivity contribution in [1.29, 1.82) is 0 Å². The molecule has 0 bridgehead atoms. The van der Waals surface area contributed by atoms with Crippen LogP contribution in [0.5, 0.6) is 0 Å². The van der Waals surface area contributed by atoms with Crippen LogP contribution in [-0.2, 0) is 14.4 Å². The Morgan fingerprint density at radius 2 is 1.97 bits per heavy atom. The third-order valence-corrected chi connectivity index (χ3v) is 5.41. The smallest absolute Gasteiger partial charge is 0.354 e. The zero-order valence-electron chi connectivity index (χ0n) is 15.0. The summed E-state index contributed by atoms with van der Waals surface area (Å²) in [5, 5.41) is 0. The first-order chi connectivity index (χ1) is 13.4. The molecule has 0 radical (unpaired) electrons. The molecule has 1 aromatic carbocycles. The van der Waals surface area contributed by atoms with Gasteiger partial charge in [-0.1, -0.05) is 0 Å². The van der Waals surface area contributed by atoms with Crippen LogP contribution in [0, 0.1) is 12.7 Å². The van der Waals surface area contributed by atoms with Crippen molar-refractivity contribution in [3.63, 3.8) is 0 Å². The molecule has 0 saturated carbocycles. The fourth-order valence-corrected chi connectivity index (χ4v) is 3.71. The number of ketones is 2. The summed E-state index contributed by atoms with van der Waals surface area (Å²) in [6, 6.07) is 0.765. The Kier molecular flexibility index (Phi) is 7.33. The minimum atomic E-state index is -4.44. The van der Waals surface area contributed by atoms with E-state index >= 15 is 0 Å². The number of halogens is 6. The minimum absolute atomic E-state index is 0.137. The van der Waals surface area contributed by atoms with Crippen LogP contribution in [-0.4, -0.2) is 66.9 Å². The Morgan fingerprint density at radius 1 is 1.31 bits per heavy atom. The lowest BCUT2D eigenvalue weighted by atomic mass is 10.1. The number of hydrogen-bond donors (Lipinski definition) is 0. The van der Waals surface area contributed by atoms with Crippen LogP contribution < -0.4 is 4.90 Å². The van der Waals surface area contributed by atoms with E-state index in [1.165, 1.54) is 11.8 Å². The maximum atomic E-state index is 14.5. The largest absolute Gasteiger partial charge is 0.398 e. The van der Waals surface area contributed by atoms with Crippen LogP contribution in [0.25, 0.3) is 0 Å². The highest BCUT2D eigenvalue weighted by molar-refractivity contribution is 7.99. The van der Waals surface area contributed by atoms with Crippen molar-refractivity contribution in [3.05, 3.63) is 23.5 Å². The Labute approximate surface area is 166 Å². The zero-order chi connectivity index (χ0) is 21.9. The number of carbonyl (C=O) groups is 3. The number of anilines is 1. The second-order valence-electron chi connectivity index (χ2n) is 6.36. The number of aldehydes is 1. The molecule has 2 rings (SSSR count). The Balaban J connectivity index is 2.31. The first kappa shape index (κ1) is 23.2. The van der Waals surface area contributed by atoms with Crippen molar-refractivity contribution in [2.24, 2.45) is 0 Å². The van der Waals surface area contributed by atoms with Crippen molar-refractivity contribution in [2.75, 3.05) is 30.4 Å². The fourth-order valence-electron chi connectivity index (χ4n) is 2.91. The average molecular weight is 442 g/mol. The van der Waals surface area contributed by atoms with Crippen molar-refractivity contribution in [3.8, 4) is 0 Å². The molecule has 1 atom stereocenters. The van der Waals surface area contributed by atoms with Gasteiger partial charge in [-0.25, -0.2) is 13.2 Å². The molecule has 1 heterocycles. The van der Waals surface area contributed by atoms with Gasteiger partial charge in [0.15, 0.2) is 6.29 Å². The summed E-state index contributed by atoms with van der Waals surface area (Å²) in [4.78, 5) is 36.2. The van der Waals surface area contributed by atoms with E-state index in [0.717, 1.165) is 17.0 Å². The number of nitrogens with zero attached hydrogens (tertiary/aromatic N) is 2. The van der Waals surface area contributed by atoms with Gasteiger partial charge in [0.2, 0.25) is 5.78 Å². The molecule has 0 amide bonds. The third-order valence-electron chi connectivity index (χ3n) is 4.19. The molecule has 0 aromatic heterocycles. The Morgan fingerprint density at radius 3 is 2.52 bits per heavy atom. The predicted molar refractivity (Wildman–Crippen MR) is 92.7 cm³/mol. The van der Waals surface area contributed by atoms with Crippen molar-refractivity contribution < 1.29 is 40.7 Å². The summed E-state index contributed by atoms with van der Waals surface area (Å²) in [7, 11) is 0. The van der Waals surface area contributed by atoms with Gasteiger partial charge in [0.05, 0.1) is 30.7 Å². The maximum Gasteiger partial charge on any atom is 0.398 e. The molecule has 0 spiro atoms. The van der Waals surface area contributed by atoms with Crippen LogP contribution in [0.3, 0.4) is 0 Å². The third kappa shape index (κ3) is 5.95. The predicted octanol–water partition coefficient (Wildman–Crippen LogP) is 2.84. The minimum Gasteiger partial charge on any atom is -0.354 e. The molecule has 1 aliphatic heterocycles. The Hall–Kier alpha value is -2.08. The lowest BCUT2D eigenvalue weighted by molar-refractivity contribution is -0.142. The number of hydrogen-bond acceptors (Lipinski definition) is 6. The van der Waals surface area contributed by atoms with Crippen LogP contribution in [0.1, 0.15) is 5.56 Å². The first-order valence-corrected chi connectivity index (χ1v) is 9.21. The van der Waals surface area contributed by atoms with E-state index < -0.39 is 48.3 Å². The van der Waals surface area contributed by atoms with Crippen LogP contribution in [0.2, 0.25) is 0 Å². The van der Waals surface area contributed by atoms with E-state index in [1.54, 1.807) is 0 Å². The second kappa shape index (κ2) is 9.16. The number of thioether (sulfide) groups is 1. The number of alkyl halides is 5. The van der Waals surface area contributed by atoms with E-state index in [-0.39, 0.29) is 35.6 Å². The van der Waals surface area contributed by atoms with Crippen molar-refractivity contribution in [1.82, 2.24) is 4.90 Å². The summed E-state index contributed by atoms with van der Waals surface area (Å²) in [6.07, 6.45) is -7.54. The highest BCUT2D eigenvalue weighted by Gasteiger charge is 2.40. The summed E-state index contributed by atoms with van der Waals surface area (Å²) < 4.78 is 77.6. The molecule has 5 nitrogen and oxygen atoms in total. The monoisotopic (exact) mass is 442 g/mol. The van der Waals surface area contributed by atoms with Gasteiger partial charge in [0.25, 0.3) is 12.2 Å². The van der Waals surface area contributed by atoms with Crippen LogP contribution >= 0.6 is 11.8 Å².